The van der Waals surface area contributed by atoms with Crippen molar-refractivity contribution in [2.75, 3.05) is 63.8 Å². The molecule has 1 aliphatic carbocycles. The quantitative estimate of drug-likeness (QED) is 0.157. The average Bonchev–Trinajstić information content (AvgIpc) is 4.00. The van der Waals surface area contributed by atoms with Crippen LogP contribution in [0, 0.1) is 0 Å². The second-order valence-corrected chi connectivity index (χ2v) is 19.0. The van der Waals surface area contributed by atoms with Crippen LogP contribution in [-0.4, -0.2) is 134 Å². The van der Waals surface area contributed by atoms with Crippen LogP contribution in [0.1, 0.15) is 131 Å². The van der Waals surface area contributed by atoms with E-state index in [1.807, 2.05) is 17.0 Å². The lowest BCUT2D eigenvalue weighted by Crippen LogP contribution is -2.54. The summed E-state index contributed by atoms with van der Waals surface area (Å²) >= 11 is 0. The third-order valence-electron chi connectivity index (χ3n) is 15.0. The highest BCUT2D eigenvalue weighted by molar-refractivity contribution is 6.25. The van der Waals surface area contributed by atoms with Gasteiger partial charge in [0.05, 0.1) is 34.7 Å². The number of carbonyl (C=O) groups is 5. The molecule has 0 spiro atoms. The zero-order valence-corrected chi connectivity index (χ0v) is 37.8. The first-order valence-electron chi connectivity index (χ1n) is 23.8. The van der Waals surface area contributed by atoms with E-state index < -0.39 is 36.1 Å². The van der Waals surface area contributed by atoms with E-state index in [9.17, 15) is 32.8 Å². The van der Waals surface area contributed by atoms with Crippen LogP contribution in [0.15, 0.2) is 42.7 Å². The first-order valence-corrected chi connectivity index (χ1v) is 23.8. The minimum atomic E-state index is -2.64. The Labute approximate surface area is 383 Å². The van der Waals surface area contributed by atoms with Crippen molar-refractivity contribution in [3.63, 3.8) is 0 Å². The molecule has 1 N–H and O–H groups in total. The minimum absolute atomic E-state index is 0.0225. The van der Waals surface area contributed by atoms with Crippen molar-refractivity contribution in [2.24, 2.45) is 7.05 Å². The molecule has 6 aliphatic rings. The molecule has 10 rings (SSSR count). The van der Waals surface area contributed by atoms with Gasteiger partial charge < -0.3 is 14.7 Å². The fourth-order valence-electron chi connectivity index (χ4n) is 11.5. The number of carbonyl (C=O) groups excluding carboxylic acids is 5. The minimum Gasteiger partial charge on any atom is -0.368 e. The molecule has 66 heavy (non-hydrogen) atoms. The molecular formula is C49H58F2N10O5. The molecule has 2 atom stereocenters. The van der Waals surface area contributed by atoms with Gasteiger partial charge >= 0.3 is 0 Å². The summed E-state index contributed by atoms with van der Waals surface area (Å²) in [6.45, 7) is 9.79. The highest BCUT2D eigenvalue weighted by Gasteiger charge is 2.46. The lowest BCUT2D eigenvalue weighted by molar-refractivity contribution is -0.136. The van der Waals surface area contributed by atoms with Crippen molar-refractivity contribution in [3.8, 4) is 11.1 Å². The molecule has 2 aromatic carbocycles. The third-order valence-corrected chi connectivity index (χ3v) is 15.0. The lowest BCUT2D eigenvalue weighted by Gasteiger charge is -2.37. The van der Waals surface area contributed by atoms with Crippen molar-refractivity contribution in [2.45, 2.75) is 102 Å². The number of piperidine rings is 2. The molecule has 348 valence electrons. The molecule has 3 fully saturated rings. The summed E-state index contributed by atoms with van der Waals surface area (Å²) in [5.74, 6) is -2.05. The summed E-state index contributed by atoms with van der Waals surface area (Å²) in [7, 11) is 1.79. The molecule has 17 heteroatoms. The van der Waals surface area contributed by atoms with Gasteiger partial charge in [-0.2, -0.15) is 10.2 Å². The maximum atomic E-state index is 14.8. The first kappa shape index (κ1) is 44.0. The number of hydrogen-bond donors (Lipinski definition) is 1. The van der Waals surface area contributed by atoms with E-state index in [0.29, 0.717) is 54.1 Å². The standard InChI is InChI=1S/C49H58F2N10O5/c1-30(62)59-20-15-40-39(29-59)45(34-8-5-7-31-25-36(32-27-52-55(2)28-32)38(46(50)51)26-37(31)34)54-61(40)33-13-18-56(19-14-33)16-3-4-17-57-21-23-58(24-22-57)41-10-6-9-35-44(41)49(66)60(48(35)65)42-11-12-43(63)53-47(42)64/h6,9-10,25-28,33-34,42,46H,3-5,7-8,11-24,29H2,1-2H3,(H,53,63,64). The number of anilines is 1. The van der Waals surface area contributed by atoms with Gasteiger partial charge in [0.15, 0.2) is 0 Å². The molecule has 2 aromatic heterocycles. The first-order chi connectivity index (χ1) is 31.9. The van der Waals surface area contributed by atoms with Crippen molar-refractivity contribution in [1.82, 2.24) is 44.5 Å². The van der Waals surface area contributed by atoms with Crippen LogP contribution in [0.2, 0.25) is 0 Å². The van der Waals surface area contributed by atoms with E-state index in [-0.39, 0.29) is 36.3 Å². The number of hydrogen-bond acceptors (Lipinski definition) is 10. The molecule has 15 nitrogen and oxygen atoms in total. The van der Waals surface area contributed by atoms with E-state index >= 15 is 0 Å². The van der Waals surface area contributed by atoms with E-state index in [2.05, 4.69) is 29.8 Å². The lowest BCUT2D eigenvalue weighted by atomic mass is 9.77. The van der Waals surface area contributed by atoms with Crippen LogP contribution in [0.25, 0.3) is 11.1 Å². The summed E-state index contributed by atoms with van der Waals surface area (Å²) in [5, 5.41) is 11.9. The van der Waals surface area contributed by atoms with E-state index in [1.54, 1.807) is 49.2 Å². The van der Waals surface area contributed by atoms with Crippen molar-refractivity contribution in [3.05, 3.63) is 87.5 Å². The number of halogens is 2. The molecule has 5 amide bonds. The van der Waals surface area contributed by atoms with E-state index in [1.165, 1.54) is 5.69 Å². The summed E-state index contributed by atoms with van der Waals surface area (Å²) in [5.41, 5.74) is 7.86. The number of unbranched alkanes of at least 4 members (excludes halogenated alkanes) is 1. The second-order valence-electron chi connectivity index (χ2n) is 19.0. The number of piperazine rings is 1. The Kier molecular flexibility index (Phi) is 12.1. The van der Waals surface area contributed by atoms with Gasteiger partial charge in [-0.1, -0.05) is 12.1 Å². The number of benzene rings is 2. The van der Waals surface area contributed by atoms with Crippen LogP contribution >= 0.6 is 0 Å². The zero-order chi connectivity index (χ0) is 45.8. The number of aryl methyl sites for hydroxylation is 2. The van der Waals surface area contributed by atoms with Gasteiger partial charge in [0, 0.05) is 114 Å². The van der Waals surface area contributed by atoms with Gasteiger partial charge in [-0.15, -0.1) is 0 Å². The number of nitrogens with one attached hydrogen (secondary N) is 1. The van der Waals surface area contributed by atoms with E-state index in [4.69, 9.17) is 5.10 Å². The number of rotatable bonds is 11. The molecule has 0 saturated carbocycles. The monoisotopic (exact) mass is 904 g/mol. The molecule has 0 radical (unpaired) electrons. The number of aromatic nitrogens is 4. The Morgan fingerprint density at radius 2 is 1.62 bits per heavy atom. The predicted octanol–water partition coefficient (Wildman–Crippen LogP) is 5.23. The van der Waals surface area contributed by atoms with Crippen LogP contribution in [0.3, 0.4) is 0 Å². The SMILES string of the molecule is CC(=O)N1CCc2c(c(C3CCCc4cc(-c5cnn(C)c5)c(C(F)F)cc43)nn2C2CCN(CCCCN3CCN(c4cccc5c4C(=O)N(C4CCC(=O)NC4=O)C5=O)CC3)CC2)C1. The van der Waals surface area contributed by atoms with Gasteiger partial charge in [-0.3, -0.25) is 48.5 Å². The van der Waals surface area contributed by atoms with Crippen LogP contribution in [0.4, 0.5) is 14.5 Å². The fourth-order valence-corrected chi connectivity index (χ4v) is 11.5. The van der Waals surface area contributed by atoms with Crippen molar-refractivity contribution < 1.29 is 32.8 Å². The van der Waals surface area contributed by atoms with Gasteiger partial charge in [-0.25, -0.2) is 8.78 Å². The molecule has 3 saturated heterocycles. The Hall–Kier alpha value is -5.81. The van der Waals surface area contributed by atoms with E-state index in [0.717, 1.165) is 118 Å². The summed E-state index contributed by atoms with van der Waals surface area (Å²) in [4.78, 5) is 74.1. The summed E-state index contributed by atoms with van der Waals surface area (Å²) in [6, 6.07) is 8.23. The van der Waals surface area contributed by atoms with Crippen LogP contribution in [0.5, 0.6) is 0 Å². The maximum Gasteiger partial charge on any atom is 0.264 e. The Bertz CT molecular complexity index is 2570. The number of alkyl halides is 2. The number of imide groups is 2. The average molecular weight is 905 g/mol. The summed E-state index contributed by atoms with van der Waals surface area (Å²) in [6.07, 6.45) is 8.40. The third kappa shape index (κ3) is 8.22. The number of nitrogens with zero attached hydrogens (tertiary/aromatic N) is 9. The fraction of sp³-hybridized carbons (Fsp3) is 0.531. The van der Waals surface area contributed by atoms with Crippen LogP contribution in [-0.2, 0) is 40.8 Å². The summed E-state index contributed by atoms with van der Waals surface area (Å²) < 4.78 is 33.4. The Balaban J connectivity index is 0.747. The Morgan fingerprint density at radius 3 is 2.32 bits per heavy atom. The number of fused-ring (bicyclic) bond motifs is 3. The molecule has 7 heterocycles. The zero-order valence-electron chi connectivity index (χ0n) is 37.8. The highest BCUT2D eigenvalue weighted by atomic mass is 19.3. The predicted molar refractivity (Wildman–Crippen MR) is 241 cm³/mol. The van der Waals surface area contributed by atoms with Gasteiger partial charge in [-0.05, 0) is 99.3 Å². The van der Waals surface area contributed by atoms with Crippen molar-refractivity contribution in [1.29, 1.82) is 0 Å². The molecule has 4 aromatic rings. The molecule has 5 aliphatic heterocycles. The smallest absolute Gasteiger partial charge is 0.264 e. The molecule has 2 unspecified atom stereocenters. The highest BCUT2D eigenvalue weighted by Crippen LogP contribution is 2.45. The van der Waals surface area contributed by atoms with Gasteiger partial charge in [0.25, 0.3) is 18.2 Å². The van der Waals surface area contributed by atoms with Gasteiger partial charge in [0.2, 0.25) is 17.7 Å². The maximum absolute atomic E-state index is 14.8. The largest absolute Gasteiger partial charge is 0.368 e. The van der Waals surface area contributed by atoms with Gasteiger partial charge in [0.1, 0.15) is 6.04 Å². The number of amides is 5. The topological polar surface area (TPSA) is 149 Å². The number of likely N-dealkylation sites (tertiary alicyclic amines) is 1. The second kappa shape index (κ2) is 18.1. The molecule has 0 bridgehead atoms. The molecular weight excluding hydrogens is 847 g/mol. The van der Waals surface area contributed by atoms with Crippen molar-refractivity contribution >= 4 is 35.2 Å². The Morgan fingerprint density at radius 1 is 0.864 bits per heavy atom. The normalized spacial score (nSPS) is 22.0. The van der Waals surface area contributed by atoms with Crippen LogP contribution < -0.4 is 10.2 Å².